The fraction of sp³-hybridized carbons (Fsp3) is 0.111. The number of fused-ring (bicyclic) bond motifs is 1. The van der Waals surface area contributed by atoms with Gasteiger partial charge in [-0.2, -0.15) is 5.26 Å². The molecule has 0 atom stereocenters. The van der Waals surface area contributed by atoms with Crippen LogP contribution < -0.4 is 0 Å². The van der Waals surface area contributed by atoms with Gasteiger partial charge in [0.15, 0.2) is 0 Å². The minimum Gasteiger partial charge on any atom is -0.285 e. The van der Waals surface area contributed by atoms with E-state index in [1.807, 2.05) is 6.07 Å². The van der Waals surface area contributed by atoms with Gasteiger partial charge in [-0.3, -0.25) is 14.5 Å². The normalized spacial score (nSPS) is 10.1. The molecule has 74 valence electrons. The summed E-state index contributed by atoms with van der Waals surface area (Å²) in [5.41, 5.74) is 1.11. The van der Waals surface area contributed by atoms with Crippen LogP contribution in [0.2, 0.25) is 0 Å². The average molecular weight is 202 g/mol. The molecule has 0 amide bonds. The van der Waals surface area contributed by atoms with Crippen molar-refractivity contribution in [2.45, 2.75) is 6.92 Å². The highest BCUT2D eigenvalue weighted by Gasteiger charge is 2.16. The molecule has 0 aliphatic heterocycles. The monoisotopic (exact) mass is 202 g/mol. The van der Waals surface area contributed by atoms with Gasteiger partial charge in [-0.25, -0.2) is 4.98 Å². The van der Waals surface area contributed by atoms with E-state index in [0.717, 1.165) is 0 Å². The molecule has 2 rings (SSSR count). The van der Waals surface area contributed by atoms with Crippen LogP contribution in [0.15, 0.2) is 18.5 Å². The topological polar surface area (TPSA) is 84.2 Å². The van der Waals surface area contributed by atoms with Gasteiger partial charge in [0, 0.05) is 12.3 Å². The summed E-state index contributed by atoms with van der Waals surface area (Å²) in [5.74, 6) is 0. The van der Waals surface area contributed by atoms with Gasteiger partial charge in [0.05, 0.1) is 11.1 Å². The van der Waals surface area contributed by atoms with Crippen molar-refractivity contribution in [2.24, 2.45) is 0 Å². The fourth-order valence-corrected chi connectivity index (χ4v) is 1.42. The van der Waals surface area contributed by atoms with Crippen molar-refractivity contribution < 1.29 is 4.92 Å². The van der Waals surface area contributed by atoms with Gasteiger partial charge in [-0.05, 0) is 12.5 Å². The third-order valence-corrected chi connectivity index (χ3v) is 2.03. The summed E-state index contributed by atoms with van der Waals surface area (Å²) in [4.78, 5) is 14.1. The first-order valence-electron chi connectivity index (χ1n) is 4.15. The van der Waals surface area contributed by atoms with Crippen LogP contribution in [-0.2, 0) is 0 Å². The molecule has 15 heavy (non-hydrogen) atoms. The van der Waals surface area contributed by atoms with Crippen molar-refractivity contribution >= 4 is 11.3 Å². The zero-order valence-corrected chi connectivity index (χ0v) is 7.84. The highest BCUT2D eigenvalue weighted by molar-refractivity contribution is 5.62. The van der Waals surface area contributed by atoms with Crippen molar-refractivity contribution in [3.8, 4) is 6.07 Å². The van der Waals surface area contributed by atoms with E-state index in [-0.39, 0.29) is 17.0 Å². The van der Waals surface area contributed by atoms with Crippen molar-refractivity contribution in [1.82, 2.24) is 9.38 Å². The van der Waals surface area contributed by atoms with E-state index in [1.165, 1.54) is 16.7 Å². The lowest BCUT2D eigenvalue weighted by Crippen LogP contribution is -1.96. The maximum absolute atomic E-state index is 10.7. The lowest BCUT2D eigenvalue weighted by molar-refractivity contribution is -0.383. The molecule has 0 radical (unpaired) electrons. The van der Waals surface area contributed by atoms with Crippen LogP contribution in [0.5, 0.6) is 0 Å². The number of nitro groups is 1. The molecular formula is C9H6N4O2. The molecule has 6 nitrogen and oxygen atoms in total. The second-order valence-electron chi connectivity index (χ2n) is 3.11. The molecule has 0 saturated heterocycles. The van der Waals surface area contributed by atoms with Crippen molar-refractivity contribution in [3.05, 3.63) is 39.8 Å². The zero-order chi connectivity index (χ0) is 11.0. The molecule has 2 heterocycles. The Hall–Kier alpha value is -2.42. The zero-order valence-electron chi connectivity index (χ0n) is 7.84. The number of nitrogens with zero attached hydrogens (tertiary/aromatic N) is 4. The molecule has 0 aromatic carbocycles. The van der Waals surface area contributed by atoms with E-state index in [0.29, 0.717) is 5.56 Å². The summed E-state index contributed by atoms with van der Waals surface area (Å²) in [7, 11) is 0. The fourth-order valence-electron chi connectivity index (χ4n) is 1.42. The van der Waals surface area contributed by atoms with Gasteiger partial charge < -0.3 is 0 Å². The first-order chi connectivity index (χ1) is 7.13. The molecule has 0 aliphatic carbocycles. The van der Waals surface area contributed by atoms with Crippen LogP contribution in [-0.4, -0.2) is 14.3 Å². The van der Waals surface area contributed by atoms with E-state index < -0.39 is 4.92 Å². The number of pyridine rings is 1. The first-order valence-corrected chi connectivity index (χ1v) is 4.15. The third kappa shape index (κ3) is 1.30. The summed E-state index contributed by atoms with van der Waals surface area (Å²) >= 11 is 0. The summed E-state index contributed by atoms with van der Waals surface area (Å²) < 4.78 is 1.42. The predicted molar refractivity (Wildman–Crippen MR) is 51.3 cm³/mol. The Bertz CT molecular complexity index is 594. The number of nitriles is 1. The van der Waals surface area contributed by atoms with Gasteiger partial charge in [-0.15, -0.1) is 0 Å². The van der Waals surface area contributed by atoms with Crippen LogP contribution in [0.3, 0.4) is 0 Å². The quantitative estimate of drug-likeness (QED) is 0.517. The van der Waals surface area contributed by atoms with Crippen LogP contribution in [0.4, 0.5) is 5.69 Å². The van der Waals surface area contributed by atoms with Crippen molar-refractivity contribution in [3.63, 3.8) is 0 Å². The Labute approximate surface area is 84.5 Å². The Balaban J connectivity index is 2.90. The average Bonchev–Trinajstić information content (AvgIpc) is 2.58. The van der Waals surface area contributed by atoms with Gasteiger partial charge in [-0.1, -0.05) is 0 Å². The number of aryl methyl sites for hydroxylation is 1. The van der Waals surface area contributed by atoms with Gasteiger partial charge in [0.1, 0.15) is 11.8 Å². The number of rotatable bonds is 1. The molecule has 2 aromatic rings. The molecule has 0 fully saturated rings. The van der Waals surface area contributed by atoms with Crippen molar-refractivity contribution in [1.29, 1.82) is 5.26 Å². The standard InChI is InChI=1S/C9H6N4O2/c1-6-2-8(13(14)15)9-11-4-7(3-10)12(9)5-6/h2,4-5H,1H3. The first kappa shape index (κ1) is 9.15. The Morgan fingerprint density at radius 2 is 2.40 bits per heavy atom. The molecule has 2 aromatic heterocycles. The maximum atomic E-state index is 10.7. The summed E-state index contributed by atoms with van der Waals surface area (Å²) in [6.45, 7) is 1.73. The van der Waals surface area contributed by atoms with Gasteiger partial charge >= 0.3 is 5.69 Å². The molecule has 0 aliphatic rings. The molecule has 0 bridgehead atoms. The number of aromatic nitrogens is 2. The molecule has 0 N–H and O–H groups in total. The van der Waals surface area contributed by atoms with E-state index >= 15 is 0 Å². The number of hydrogen-bond donors (Lipinski definition) is 0. The van der Waals surface area contributed by atoms with E-state index in [9.17, 15) is 10.1 Å². The lowest BCUT2D eigenvalue weighted by atomic mass is 10.3. The minimum atomic E-state index is -0.503. The largest absolute Gasteiger partial charge is 0.312 e. The van der Waals surface area contributed by atoms with E-state index in [2.05, 4.69) is 4.98 Å². The van der Waals surface area contributed by atoms with Gasteiger partial charge in [0.2, 0.25) is 5.65 Å². The third-order valence-electron chi connectivity index (χ3n) is 2.03. The highest BCUT2D eigenvalue weighted by atomic mass is 16.6. The second kappa shape index (κ2) is 3.06. The Morgan fingerprint density at radius 1 is 1.67 bits per heavy atom. The second-order valence-corrected chi connectivity index (χ2v) is 3.11. The smallest absolute Gasteiger partial charge is 0.285 e. The predicted octanol–water partition coefficient (Wildman–Crippen LogP) is 1.42. The highest BCUT2D eigenvalue weighted by Crippen LogP contribution is 2.21. The summed E-state index contributed by atoms with van der Waals surface area (Å²) in [6.07, 6.45) is 2.97. The molecular weight excluding hydrogens is 196 g/mol. The molecule has 6 heteroatoms. The van der Waals surface area contributed by atoms with Crippen LogP contribution in [0.1, 0.15) is 11.3 Å². The molecule has 0 spiro atoms. The van der Waals surface area contributed by atoms with E-state index in [1.54, 1.807) is 13.1 Å². The summed E-state index contributed by atoms with van der Waals surface area (Å²) in [5, 5.41) is 19.5. The van der Waals surface area contributed by atoms with Crippen molar-refractivity contribution in [2.75, 3.05) is 0 Å². The Kier molecular flexibility index (Phi) is 1.87. The lowest BCUT2D eigenvalue weighted by Gasteiger charge is -1.98. The maximum Gasteiger partial charge on any atom is 0.312 e. The molecule has 0 saturated carbocycles. The summed E-state index contributed by atoms with van der Waals surface area (Å²) in [6, 6.07) is 3.36. The van der Waals surface area contributed by atoms with E-state index in [4.69, 9.17) is 5.26 Å². The van der Waals surface area contributed by atoms with Crippen LogP contribution in [0, 0.1) is 28.4 Å². The molecule has 0 unspecified atom stereocenters. The van der Waals surface area contributed by atoms with Gasteiger partial charge in [0.25, 0.3) is 0 Å². The van der Waals surface area contributed by atoms with Crippen LogP contribution in [0.25, 0.3) is 5.65 Å². The number of hydrogen-bond acceptors (Lipinski definition) is 4. The van der Waals surface area contributed by atoms with Crippen LogP contribution >= 0.6 is 0 Å². The minimum absolute atomic E-state index is 0.0866. The number of imidazole rings is 1. The SMILES string of the molecule is Cc1cc([N+](=O)[O-])c2ncc(C#N)n2c1. The Morgan fingerprint density at radius 3 is 3.00 bits per heavy atom.